The van der Waals surface area contributed by atoms with E-state index in [2.05, 4.69) is 33.0 Å². The standard InChI is InChI=1S/C14H16N4O/c19-13(16-12-7-10-15-18-12)17-14(8-4-9-14)11-5-2-1-3-6-11/h1-3,5-7,10H,4,8-9H2,(H3,15,16,17,18,19). The second-order valence-electron chi connectivity index (χ2n) is 4.85. The van der Waals surface area contributed by atoms with Crippen LogP contribution in [0.15, 0.2) is 42.6 Å². The summed E-state index contributed by atoms with van der Waals surface area (Å²) in [7, 11) is 0. The van der Waals surface area contributed by atoms with Crippen molar-refractivity contribution >= 4 is 11.8 Å². The van der Waals surface area contributed by atoms with Gasteiger partial charge in [-0.3, -0.25) is 10.4 Å². The Labute approximate surface area is 111 Å². The maximum atomic E-state index is 12.0. The van der Waals surface area contributed by atoms with Crippen LogP contribution in [-0.4, -0.2) is 16.2 Å². The van der Waals surface area contributed by atoms with Gasteiger partial charge in [-0.1, -0.05) is 30.3 Å². The summed E-state index contributed by atoms with van der Waals surface area (Å²) in [5.74, 6) is 0.597. The molecule has 0 saturated heterocycles. The molecule has 0 radical (unpaired) electrons. The fraction of sp³-hybridized carbons (Fsp3) is 0.286. The molecule has 0 atom stereocenters. The number of anilines is 1. The molecule has 0 spiro atoms. The first-order valence-electron chi connectivity index (χ1n) is 6.43. The van der Waals surface area contributed by atoms with Crippen LogP contribution in [0.2, 0.25) is 0 Å². The Kier molecular flexibility index (Phi) is 2.95. The Morgan fingerprint density at radius 1 is 1.21 bits per heavy atom. The van der Waals surface area contributed by atoms with Gasteiger partial charge in [0.15, 0.2) is 0 Å². The number of carbonyl (C=O) groups is 1. The second-order valence-corrected chi connectivity index (χ2v) is 4.85. The van der Waals surface area contributed by atoms with E-state index in [9.17, 15) is 4.79 Å². The van der Waals surface area contributed by atoms with Gasteiger partial charge in [-0.15, -0.1) is 0 Å². The number of hydrogen-bond acceptors (Lipinski definition) is 2. The van der Waals surface area contributed by atoms with Crippen LogP contribution in [0.4, 0.5) is 10.6 Å². The largest absolute Gasteiger partial charge is 0.328 e. The van der Waals surface area contributed by atoms with Crippen LogP contribution in [0.25, 0.3) is 0 Å². The van der Waals surface area contributed by atoms with E-state index in [1.807, 2.05) is 18.2 Å². The van der Waals surface area contributed by atoms with Crippen LogP contribution in [0.3, 0.4) is 0 Å². The predicted molar refractivity (Wildman–Crippen MR) is 72.7 cm³/mol. The molecule has 1 aliphatic carbocycles. The van der Waals surface area contributed by atoms with Crippen molar-refractivity contribution in [2.24, 2.45) is 0 Å². The van der Waals surface area contributed by atoms with Crippen LogP contribution in [-0.2, 0) is 5.54 Å². The van der Waals surface area contributed by atoms with Gasteiger partial charge in [-0.2, -0.15) is 5.10 Å². The van der Waals surface area contributed by atoms with Crippen molar-refractivity contribution < 1.29 is 4.79 Å². The van der Waals surface area contributed by atoms with Crippen molar-refractivity contribution in [1.29, 1.82) is 0 Å². The van der Waals surface area contributed by atoms with Gasteiger partial charge in [0.25, 0.3) is 0 Å². The molecule has 2 aromatic rings. The quantitative estimate of drug-likeness (QED) is 0.790. The summed E-state index contributed by atoms with van der Waals surface area (Å²) in [5, 5.41) is 12.3. The number of H-pyrrole nitrogens is 1. The van der Waals surface area contributed by atoms with Crippen LogP contribution in [0, 0.1) is 0 Å². The Morgan fingerprint density at radius 2 is 2.00 bits per heavy atom. The Bertz CT molecular complexity index is 546. The third-order valence-corrected chi connectivity index (χ3v) is 3.64. The number of aromatic nitrogens is 2. The van der Waals surface area contributed by atoms with E-state index in [0.717, 1.165) is 19.3 Å². The number of rotatable bonds is 3. The molecule has 1 heterocycles. The van der Waals surface area contributed by atoms with Gasteiger partial charge < -0.3 is 5.32 Å². The SMILES string of the molecule is O=C(Nc1ccn[nH]1)NC1(c2ccccc2)CCC1. The summed E-state index contributed by atoms with van der Waals surface area (Å²) in [4.78, 5) is 12.0. The minimum atomic E-state index is -0.217. The fourth-order valence-corrected chi connectivity index (χ4v) is 2.47. The second kappa shape index (κ2) is 4.76. The molecule has 1 aliphatic rings. The zero-order valence-corrected chi connectivity index (χ0v) is 10.5. The highest BCUT2D eigenvalue weighted by Crippen LogP contribution is 2.41. The number of hydrogen-bond donors (Lipinski definition) is 3. The molecular weight excluding hydrogens is 240 g/mol. The summed E-state index contributed by atoms with van der Waals surface area (Å²) in [6, 6.07) is 11.6. The van der Waals surface area contributed by atoms with Gasteiger partial charge in [0.2, 0.25) is 0 Å². The highest BCUT2D eigenvalue weighted by atomic mass is 16.2. The first-order valence-corrected chi connectivity index (χ1v) is 6.43. The van der Waals surface area contributed by atoms with Crippen molar-refractivity contribution in [3.05, 3.63) is 48.2 Å². The molecule has 3 N–H and O–H groups in total. The third kappa shape index (κ3) is 2.31. The maximum absolute atomic E-state index is 12.0. The predicted octanol–water partition coefficient (Wildman–Crippen LogP) is 2.61. The third-order valence-electron chi connectivity index (χ3n) is 3.64. The summed E-state index contributed by atoms with van der Waals surface area (Å²) >= 11 is 0. The average Bonchev–Trinajstić information content (AvgIpc) is 2.88. The number of amides is 2. The number of nitrogens with zero attached hydrogens (tertiary/aromatic N) is 1. The first kappa shape index (κ1) is 11.8. The number of urea groups is 1. The molecule has 1 aromatic carbocycles. The van der Waals surface area contributed by atoms with Crippen LogP contribution >= 0.6 is 0 Å². The smallest absolute Gasteiger partial charge is 0.321 e. The van der Waals surface area contributed by atoms with E-state index in [-0.39, 0.29) is 11.6 Å². The van der Waals surface area contributed by atoms with Gasteiger partial charge in [0.05, 0.1) is 11.7 Å². The lowest BCUT2D eigenvalue weighted by Crippen LogP contribution is -2.52. The zero-order chi connectivity index (χ0) is 13.1. The van der Waals surface area contributed by atoms with Gasteiger partial charge in [-0.05, 0) is 24.8 Å². The van der Waals surface area contributed by atoms with E-state index in [1.54, 1.807) is 12.3 Å². The minimum absolute atomic E-state index is 0.201. The van der Waals surface area contributed by atoms with E-state index in [1.165, 1.54) is 5.56 Å². The summed E-state index contributed by atoms with van der Waals surface area (Å²) in [6.45, 7) is 0. The molecule has 1 saturated carbocycles. The molecule has 19 heavy (non-hydrogen) atoms. The Hall–Kier alpha value is -2.30. The topological polar surface area (TPSA) is 69.8 Å². The van der Waals surface area contributed by atoms with Crippen LogP contribution in [0.5, 0.6) is 0 Å². The van der Waals surface area contributed by atoms with Gasteiger partial charge >= 0.3 is 6.03 Å². The lowest BCUT2D eigenvalue weighted by molar-refractivity contribution is 0.185. The van der Waals surface area contributed by atoms with Crippen molar-refractivity contribution in [2.45, 2.75) is 24.8 Å². The van der Waals surface area contributed by atoms with E-state index in [0.29, 0.717) is 5.82 Å². The number of nitrogens with one attached hydrogen (secondary N) is 3. The summed E-state index contributed by atoms with van der Waals surface area (Å²) in [5.41, 5.74) is 0.951. The molecule has 1 aromatic heterocycles. The molecule has 98 valence electrons. The highest BCUT2D eigenvalue weighted by molar-refractivity contribution is 5.88. The fourth-order valence-electron chi connectivity index (χ4n) is 2.47. The Morgan fingerprint density at radius 3 is 2.58 bits per heavy atom. The van der Waals surface area contributed by atoms with Crippen LogP contribution in [0.1, 0.15) is 24.8 Å². The van der Waals surface area contributed by atoms with Gasteiger partial charge in [-0.25, -0.2) is 4.79 Å². The molecule has 3 rings (SSSR count). The highest BCUT2D eigenvalue weighted by Gasteiger charge is 2.39. The van der Waals surface area contributed by atoms with E-state index < -0.39 is 0 Å². The molecule has 0 unspecified atom stereocenters. The lowest BCUT2D eigenvalue weighted by Gasteiger charge is -2.43. The zero-order valence-electron chi connectivity index (χ0n) is 10.5. The molecule has 1 fully saturated rings. The Balaban J connectivity index is 1.72. The summed E-state index contributed by atoms with van der Waals surface area (Å²) < 4.78 is 0. The minimum Gasteiger partial charge on any atom is -0.328 e. The summed E-state index contributed by atoms with van der Waals surface area (Å²) in [6.07, 6.45) is 4.70. The van der Waals surface area contributed by atoms with E-state index in [4.69, 9.17) is 0 Å². The number of benzene rings is 1. The normalized spacial score (nSPS) is 16.4. The van der Waals surface area contributed by atoms with Crippen molar-refractivity contribution in [3.8, 4) is 0 Å². The molecular formula is C14H16N4O. The molecule has 0 aliphatic heterocycles. The van der Waals surface area contributed by atoms with Crippen LogP contribution < -0.4 is 10.6 Å². The molecule has 0 bridgehead atoms. The van der Waals surface area contributed by atoms with E-state index >= 15 is 0 Å². The molecule has 5 nitrogen and oxygen atoms in total. The van der Waals surface area contributed by atoms with Gasteiger partial charge in [0.1, 0.15) is 5.82 Å². The maximum Gasteiger partial charge on any atom is 0.321 e. The van der Waals surface area contributed by atoms with Crippen molar-refractivity contribution in [1.82, 2.24) is 15.5 Å². The van der Waals surface area contributed by atoms with Crippen molar-refractivity contribution in [2.75, 3.05) is 5.32 Å². The lowest BCUT2D eigenvalue weighted by atomic mass is 9.72. The number of aromatic amines is 1. The average molecular weight is 256 g/mol. The first-order chi connectivity index (χ1) is 9.28. The monoisotopic (exact) mass is 256 g/mol. The van der Waals surface area contributed by atoms with Crippen molar-refractivity contribution in [3.63, 3.8) is 0 Å². The molecule has 2 amide bonds. The number of carbonyl (C=O) groups excluding carboxylic acids is 1. The van der Waals surface area contributed by atoms with Gasteiger partial charge in [0, 0.05) is 6.07 Å². The molecule has 5 heteroatoms.